The van der Waals surface area contributed by atoms with Crippen molar-refractivity contribution in [2.45, 2.75) is 6.61 Å². The van der Waals surface area contributed by atoms with E-state index in [4.69, 9.17) is 9.84 Å². The molecule has 0 atom stereocenters. The molecule has 0 aliphatic heterocycles. The molecule has 0 saturated heterocycles. The summed E-state index contributed by atoms with van der Waals surface area (Å²) in [5.41, 5.74) is 2.66. The van der Waals surface area contributed by atoms with Crippen LogP contribution >= 0.6 is 24.0 Å². The predicted octanol–water partition coefficient (Wildman–Crippen LogP) is 1.55. The maximum atomic E-state index is 8.50. The molecule has 1 rings (SSSR count). The van der Waals surface area contributed by atoms with Crippen LogP contribution in [-0.4, -0.2) is 23.3 Å². The second kappa shape index (κ2) is 6.15. The molecule has 0 aromatic carbocycles. The lowest BCUT2D eigenvalue weighted by Gasteiger charge is -1.99. The van der Waals surface area contributed by atoms with Crippen LogP contribution in [0.15, 0.2) is 10.9 Å². The fraction of sp³-hybridized carbons (Fsp3) is 0.375. The number of thiazole rings is 1. The molecule has 0 amide bonds. The fourth-order valence-electron chi connectivity index (χ4n) is 0.823. The minimum absolute atomic E-state index is 0.0435. The van der Waals surface area contributed by atoms with Crippen LogP contribution in [0.1, 0.15) is 10.6 Å². The Balaban J connectivity index is 2.50. The van der Waals surface area contributed by atoms with Gasteiger partial charge in [-0.1, -0.05) is 0 Å². The van der Waals surface area contributed by atoms with E-state index in [-0.39, 0.29) is 6.61 Å². The number of rotatable bonds is 5. The van der Waals surface area contributed by atoms with Crippen molar-refractivity contribution in [2.24, 2.45) is 0 Å². The molecule has 0 fully saturated rings. The molecule has 72 valence electrons. The van der Waals surface area contributed by atoms with Crippen molar-refractivity contribution < 1.29 is 9.84 Å². The van der Waals surface area contributed by atoms with Crippen LogP contribution in [0.4, 0.5) is 0 Å². The van der Waals surface area contributed by atoms with Crippen LogP contribution in [0.3, 0.4) is 0 Å². The molecular formula is C8H11NO2S2. The van der Waals surface area contributed by atoms with E-state index in [1.54, 1.807) is 22.3 Å². The predicted molar refractivity (Wildman–Crippen MR) is 56.9 cm³/mol. The summed E-state index contributed by atoms with van der Waals surface area (Å²) in [6.07, 6.45) is 1.87. The summed E-state index contributed by atoms with van der Waals surface area (Å²) in [5.74, 6) is 0. The molecule has 0 unspecified atom stereocenters. The van der Waals surface area contributed by atoms with Gasteiger partial charge in [-0.05, 0) is 11.5 Å². The Hall–Kier alpha value is -0.360. The van der Waals surface area contributed by atoms with E-state index in [1.807, 2.05) is 6.08 Å². The summed E-state index contributed by atoms with van der Waals surface area (Å²) < 4.78 is 5.15. The highest BCUT2D eigenvalue weighted by Crippen LogP contribution is 2.16. The zero-order valence-electron chi connectivity index (χ0n) is 7.01. The molecule has 13 heavy (non-hydrogen) atoms. The van der Waals surface area contributed by atoms with Crippen molar-refractivity contribution in [1.82, 2.24) is 4.98 Å². The van der Waals surface area contributed by atoms with Gasteiger partial charge < -0.3 is 9.84 Å². The summed E-state index contributed by atoms with van der Waals surface area (Å²) in [6.45, 7) is 0.834. The fourth-order valence-corrected chi connectivity index (χ4v) is 1.76. The van der Waals surface area contributed by atoms with E-state index < -0.39 is 0 Å². The molecule has 1 aromatic rings. The summed E-state index contributed by atoms with van der Waals surface area (Å²) in [4.78, 5) is 5.18. The Morgan fingerprint density at radius 3 is 3.23 bits per heavy atom. The molecule has 0 aliphatic rings. The number of ether oxygens (including phenoxy) is 1. The molecule has 0 aliphatic carbocycles. The number of hydrogen-bond acceptors (Lipinski definition) is 5. The van der Waals surface area contributed by atoms with Gasteiger partial charge in [-0.15, -0.1) is 11.3 Å². The highest BCUT2D eigenvalue weighted by molar-refractivity contribution is 7.83. The average Bonchev–Trinajstić information content (AvgIpc) is 2.54. The van der Waals surface area contributed by atoms with Gasteiger partial charge >= 0.3 is 0 Å². The lowest BCUT2D eigenvalue weighted by atomic mass is 10.4. The molecule has 0 bridgehead atoms. The van der Waals surface area contributed by atoms with Crippen LogP contribution in [-0.2, 0) is 11.3 Å². The van der Waals surface area contributed by atoms with Gasteiger partial charge in [0.15, 0.2) is 0 Å². The first-order valence-corrected chi connectivity index (χ1v) is 5.20. The first kappa shape index (κ1) is 10.7. The molecule has 0 saturated carbocycles. The van der Waals surface area contributed by atoms with E-state index >= 15 is 0 Å². The van der Waals surface area contributed by atoms with E-state index in [0.29, 0.717) is 13.2 Å². The van der Waals surface area contributed by atoms with Gasteiger partial charge in [0.2, 0.25) is 0 Å². The van der Waals surface area contributed by atoms with Crippen molar-refractivity contribution >= 4 is 30.0 Å². The topological polar surface area (TPSA) is 42.4 Å². The van der Waals surface area contributed by atoms with Crippen LogP contribution in [0.25, 0.3) is 6.08 Å². The van der Waals surface area contributed by atoms with Gasteiger partial charge in [-0.25, -0.2) is 4.98 Å². The van der Waals surface area contributed by atoms with Crippen LogP contribution in [0, 0.1) is 0 Å². The van der Waals surface area contributed by atoms with E-state index in [0.717, 1.165) is 10.6 Å². The van der Waals surface area contributed by atoms with Gasteiger partial charge in [0.25, 0.3) is 0 Å². The number of nitrogens with zero attached hydrogens (tertiary/aromatic N) is 1. The number of thiol groups is 1. The highest BCUT2D eigenvalue weighted by Gasteiger charge is 2.02. The Morgan fingerprint density at radius 1 is 1.69 bits per heavy atom. The zero-order valence-corrected chi connectivity index (χ0v) is 8.72. The monoisotopic (exact) mass is 217 g/mol. The van der Waals surface area contributed by atoms with E-state index in [2.05, 4.69) is 17.6 Å². The molecule has 1 aromatic heterocycles. The maximum Gasteiger partial charge on any atom is 0.0903 e. The minimum Gasteiger partial charge on any atom is -0.394 e. The third-order valence-corrected chi connectivity index (χ3v) is 2.36. The SMILES string of the molecule is OCCOCc1ncsc1/C=C\S. The normalized spacial score (nSPS) is 11.2. The standard InChI is InChI=1S/C8H11NO2S2/c10-2-3-11-5-7-8(1-4-12)13-6-9-7/h1,4,6,10,12H,2-3,5H2/b4-1-. The third-order valence-electron chi connectivity index (χ3n) is 1.37. The highest BCUT2D eigenvalue weighted by atomic mass is 32.1. The molecule has 1 heterocycles. The Kier molecular flexibility index (Phi) is 5.07. The molecule has 3 nitrogen and oxygen atoms in total. The van der Waals surface area contributed by atoms with Crippen LogP contribution in [0.5, 0.6) is 0 Å². The molecule has 1 N–H and O–H groups in total. The van der Waals surface area contributed by atoms with Crippen LogP contribution in [0.2, 0.25) is 0 Å². The molecule has 0 spiro atoms. The largest absolute Gasteiger partial charge is 0.394 e. The number of aliphatic hydroxyl groups is 1. The summed E-state index contributed by atoms with van der Waals surface area (Å²) in [5, 5.41) is 10.2. The van der Waals surface area contributed by atoms with Crippen molar-refractivity contribution in [3.05, 3.63) is 21.5 Å². The number of hydrogen-bond donors (Lipinski definition) is 2. The summed E-state index contributed by atoms with van der Waals surface area (Å²) in [6, 6.07) is 0. The molecule has 5 heteroatoms. The van der Waals surface area contributed by atoms with Crippen LogP contribution < -0.4 is 0 Å². The Morgan fingerprint density at radius 2 is 2.54 bits per heavy atom. The van der Waals surface area contributed by atoms with Crippen molar-refractivity contribution in [1.29, 1.82) is 0 Å². The minimum atomic E-state index is 0.0435. The maximum absolute atomic E-state index is 8.50. The van der Waals surface area contributed by atoms with E-state index in [9.17, 15) is 0 Å². The van der Waals surface area contributed by atoms with Gasteiger partial charge in [-0.3, -0.25) is 0 Å². The Bertz CT molecular complexity index is 273. The summed E-state index contributed by atoms with van der Waals surface area (Å²) in [7, 11) is 0. The number of aromatic nitrogens is 1. The lowest BCUT2D eigenvalue weighted by molar-refractivity contribution is 0.0799. The van der Waals surface area contributed by atoms with Crippen molar-refractivity contribution in [3.8, 4) is 0 Å². The second-order valence-corrected chi connectivity index (χ2v) is 3.44. The smallest absolute Gasteiger partial charge is 0.0903 e. The van der Waals surface area contributed by atoms with Crippen molar-refractivity contribution in [3.63, 3.8) is 0 Å². The first-order valence-electron chi connectivity index (χ1n) is 3.80. The first-order chi connectivity index (χ1) is 6.38. The van der Waals surface area contributed by atoms with Gasteiger partial charge in [-0.2, -0.15) is 12.6 Å². The van der Waals surface area contributed by atoms with Gasteiger partial charge in [0.05, 0.1) is 35.9 Å². The second-order valence-electron chi connectivity index (χ2n) is 2.26. The van der Waals surface area contributed by atoms with Gasteiger partial charge in [0, 0.05) is 0 Å². The van der Waals surface area contributed by atoms with E-state index in [1.165, 1.54) is 0 Å². The third kappa shape index (κ3) is 3.48. The molecule has 0 radical (unpaired) electrons. The summed E-state index contributed by atoms with van der Waals surface area (Å²) >= 11 is 5.52. The van der Waals surface area contributed by atoms with Gasteiger partial charge in [0.1, 0.15) is 0 Å². The average molecular weight is 217 g/mol. The molecular weight excluding hydrogens is 206 g/mol. The number of aliphatic hydroxyl groups excluding tert-OH is 1. The Labute approximate surface area is 86.5 Å². The van der Waals surface area contributed by atoms with Crippen molar-refractivity contribution in [2.75, 3.05) is 13.2 Å². The zero-order chi connectivity index (χ0) is 9.52. The quantitative estimate of drug-likeness (QED) is 0.581. The lowest BCUT2D eigenvalue weighted by Crippen LogP contribution is -2.00.